The van der Waals surface area contributed by atoms with Gasteiger partial charge in [-0.2, -0.15) is 0 Å². The number of unbranched alkanes of at least 4 members (excludes halogenated alkanes) is 12. The molecular weight excluding hydrogens is 779 g/mol. The Morgan fingerprint density at radius 2 is 1.02 bits per heavy atom. The largest absolute Gasteiger partial charge is 0.429 e. The van der Waals surface area contributed by atoms with Gasteiger partial charge in [0, 0.05) is 83.5 Å². The van der Waals surface area contributed by atoms with E-state index < -0.39 is 0 Å². The van der Waals surface area contributed by atoms with Crippen LogP contribution in [0, 0.1) is 0 Å². The van der Waals surface area contributed by atoms with E-state index in [4.69, 9.17) is 14.5 Å². The van der Waals surface area contributed by atoms with Gasteiger partial charge in [-0.3, -0.25) is 19.6 Å². The van der Waals surface area contributed by atoms with Crippen LogP contribution < -0.4 is 19.3 Å². The van der Waals surface area contributed by atoms with Gasteiger partial charge in [0.2, 0.25) is 0 Å². The van der Waals surface area contributed by atoms with Gasteiger partial charge >= 0.3 is 0 Å². The summed E-state index contributed by atoms with van der Waals surface area (Å²) in [6, 6.07) is 22.3. The Morgan fingerprint density at radius 3 is 1.59 bits per heavy atom. The lowest BCUT2D eigenvalue weighted by molar-refractivity contribution is -0.121. The van der Waals surface area contributed by atoms with Crippen LogP contribution in [0.1, 0.15) is 130 Å². The highest BCUT2D eigenvalue weighted by Gasteiger charge is 2.19. The first-order valence-corrected chi connectivity index (χ1v) is 23.7. The van der Waals surface area contributed by atoms with E-state index in [-0.39, 0.29) is 0 Å². The summed E-state index contributed by atoms with van der Waals surface area (Å²) < 4.78 is 10.3. The summed E-state index contributed by atoms with van der Waals surface area (Å²) in [6.07, 6.45) is 23.3. The van der Waals surface area contributed by atoms with Gasteiger partial charge in [-0.1, -0.05) is 105 Å². The summed E-state index contributed by atoms with van der Waals surface area (Å²) in [6.45, 7) is 14.2. The van der Waals surface area contributed by atoms with Crippen LogP contribution in [0.4, 0.5) is 11.4 Å². The molecule has 0 aliphatic heterocycles. The molecule has 0 saturated carbocycles. The van der Waals surface area contributed by atoms with Gasteiger partial charge in [0.15, 0.2) is 0 Å². The molecule has 1 aromatic carbocycles. The molecule has 0 spiro atoms. The zero-order valence-corrected chi connectivity index (χ0v) is 37.9. The summed E-state index contributed by atoms with van der Waals surface area (Å²) >= 11 is 1.80. The molecule has 0 saturated heterocycles. The van der Waals surface area contributed by atoms with Gasteiger partial charge in [-0.05, 0) is 79.8 Å². The van der Waals surface area contributed by atoms with E-state index in [1.165, 1.54) is 131 Å². The third kappa shape index (κ3) is 14.5. The first kappa shape index (κ1) is 47.0. The van der Waals surface area contributed by atoms with Crippen molar-refractivity contribution in [2.75, 3.05) is 36.0 Å². The smallest absolute Gasteiger partial charge is 0.298 e. The molecule has 9 nitrogen and oxygen atoms in total. The normalized spacial score (nSPS) is 11.1. The third-order valence-corrected chi connectivity index (χ3v) is 12.3. The summed E-state index contributed by atoms with van der Waals surface area (Å²) in [5.41, 5.74) is 7.05. The number of rotatable bonds is 30. The molecule has 326 valence electrons. The van der Waals surface area contributed by atoms with Gasteiger partial charge in [-0.15, -0.1) is 11.3 Å². The van der Waals surface area contributed by atoms with Gasteiger partial charge < -0.3 is 19.3 Å². The Kier molecular flexibility index (Phi) is 20.2. The molecule has 0 radical (unpaired) electrons. The van der Waals surface area contributed by atoms with E-state index in [0.717, 1.165) is 36.6 Å². The van der Waals surface area contributed by atoms with Crippen molar-refractivity contribution >= 4 is 35.7 Å². The molecule has 4 heterocycles. The number of hydrogen-bond donors (Lipinski definition) is 0. The predicted octanol–water partition coefficient (Wildman–Crippen LogP) is 13.6. The molecule has 4 aromatic heterocycles. The second-order valence-electron chi connectivity index (χ2n) is 15.9. The van der Waals surface area contributed by atoms with E-state index in [2.05, 4.69) is 77.8 Å². The fourth-order valence-corrected chi connectivity index (χ4v) is 8.80. The highest BCUT2D eigenvalue weighted by molar-refractivity contribution is 7.18. The fraction of sp³-hybridized carbons (Fsp3) is 0.471. The second kappa shape index (κ2) is 26.3. The van der Waals surface area contributed by atoms with Crippen LogP contribution in [-0.2, 0) is 9.59 Å². The zero-order valence-electron chi connectivity index (χ0n) is 37.1. The monoisotopic (exact) mass is 845 g/mol. The Labute approximate surface area is 369 Å². The summed E-state index contributed by atoms with van der Waals surface area (Å²) in [4.78, 5) is 44.1. The number of thiophene rings is 1. The third-order valence-electron chi connectivity index (χ3n) is 11.2. The average molecular weight is 846 g/mol. The number of pyridine rings is 3. The van der Waals surface area contributed by atoms with Crippen molar-refractivity contribution in [3.63, 3.8) is 0 Å². The number of hydrogen-bond acceptors (Lipinski definition) is 10. The number of benzene rings is 1. The number of carbonyl (C=O) groups excluding carboxylic acids is 2. The van der Waals surface area contributed by atoms with Gasteiger partial charge in [-0.25, -0.2) is 4.98 Å². The molecule has 0 aliphatic rings. The Morgan fingerprint density at radius 1 is 0.508 bits per heavy atom. The molecular formula is C51H67N5O4S. The van der Waals surface area contributed by atoms with Crippen molar-refractivity contribution < 1.29 is 19.1 Å². The quantitative estimate of drug-likeness (QED) is 0.0330. The van der Waals surface area contributed by atoms with E-state index >= 15 is 0 Å². The summed E-state index contributed by atoms with van der Waals surface area (Å²) in [5.74, 6) is 0.629. The summed E-state index contributed by atoms with van der Waals surface area (Å²) in [5, 5.41) is 0. The molecule has 0 fully saturated rings. The molecule has 10 heteroatoms. The lowest BCUT2D eigenvalue weighted by Crippen LogP contribution is -2.28. The van der Waals surface area contributed by atoms with Crippen molar-refractivity contribution in [3.05, 3.63) is 79.1 Å². The van der Waals surface area contributed by atoms with Crippen LogP contribution in [0.15, 0.2) is 79.1 Å². The lowest BCUT2D eigenvalue weighted by Gasteiger charge is -2.31. The number of aromatic nitrogens is 3. The van der Waals surface area contributed by atoms with Crippen molar-refractivity contribution in [3.8, 4) is 55.2 Å². The minimum Gasteiger partial charge on any atom is -0.429 e. The van der Waals surface area contributed by atoms with Gasteiger partial charge in [0.25, 0.3) is 12.9 Å². The maximum absolute atomic E-state index is 11.4. The Hall–Kier alpha value is -5.09. The van der Waals surface area contributed by atoms with E-state index in [1.807, 2.05) is 12.1 Å². The van der Waals surface area contributed by atoms with E-state index in [1.54, 1.807) is 41.8 Å². The number of nitrogens with zero attached hydrogens (tertiary/aromatic N) is 5. The number of carbonyl (C=O) groups is 2. The van der Waals surface area contributed by atoms with E-state index in [9.17, 15) is 9.59 Å². The predicted molar refractivity (Wildman–Crippen MR) is 254 cm³/mol. The van der Waals surface area contributed by atoms with E-state index in [0.29, 0.717) is 47.2 Å². The minimum atomic E-state index is 0.300. The van der Waals surface area contributed by atoms with Crippen molar-refractivity contribution in [2.45, 2.75) is 130 Å². The zero-order chi connectivity index (χ0) is 43.1. The molecule has 61 heavy (non-hydrogen) atoms. The molecule has 0 N–H and O–H groups in total. The van der Waals surface area contributed by atoms with Crippen LogP contribution >= 0.6 is 11.3 Å². The van der Waals surface area contributed by atoms with Crippen molar-refractivity contribution in [1.29, 1.82) is 0 Å². The maximum atomic E-state index is 11.4. The number of ether oxygens (including phenoxy) is 2. The molecule has 5 rings (SSSR count). The SMILES string of the molecule is CCCCCCN(CCCCCC)c1ccc(-c2ccc(-c3ccnc(-c4cc(OC=O)cc(-c5cc(OC=O)ccn5)n4)c3)s2)c(N(CCCCCC)CCCCCC)c1. The Bertz CT molecular complexity index is 2040. The van der Waals surface area contributed by atoms with Gasteiger partial charge in [0.05, 0.1) is 22.8 Å². The summed E-state index contributed by atoms with van der Waals surface area (Å²) in [7, 11) is 0. The fourth-order valence-electron chi connectivity index (χ4n) is 7.76. The molecule has 0 aliphatic carbocycles. The maximum Gasteiger partial charge on any atom is 0.298 e. The number of anilines is 2. The minimum absolute atomic E-state index is 0.300. The molecule has 0 unspecified atom stereocenters. The Balaban J connectivity index is 1.52. The molecule has 0 amide bonds. The van der Waals surface area contributed by atoms with Crippen molar-refractivity contribution in [1.82, 2.24) is 15.0 Å². The van der Waals surface area contributed by atoms with Crippen molar-refractivity contribution in [2.24, 2.45) is 0 Å². The van der Waals surface area contributed by atoms with Crippen LogP contribution in [-0.4, -0.2) is 54.1 Å². The average Bonchev–Trinajstić information content (AvgIpc) is 3.79. The lowest BCUT2D eigenvalue weighted by atomic mass is 10.1. The second-order valence-corrected chi connectivity index (χ2v) is 17.0. The van der Waals surface area contributed by atoms with Crippen LogP contribution in [0.25, 0.3) is 43.7 Å². The highest BCUT2D eigenvalue weighted by atomic mass is 32.1. The molecule has 5 aromatic rings. The van der Waals surface area contributed by atoms with Crippen LogP contribution in [0.5, 0.6) is 11.5 Å². The van der Waals surface area contributed by atoms with Crippen LogP contribution in [0.3, 0.4) is 0 Å². The topological polar surface area (TPSA) is 97.8 Å². The van der Waals surface area contributed by atoms with Gasteiger partial charge in [0.1, 0.15) is 11.5 Å². The molecule has 0 bridgehead atoms. The van der Waals surface area contributed by atoms with Crippen LogP contribution in [0.2, 0.25) is 0 Å². The molecule has 0 atom stereocenters. The highest BCUT2D eigenvalue weighted by Crippen LogP contribution is 2.42. The first-order valence-electron chi connectivity index (χ1n) is 22.9. The first-order chi connectivity index (χ1) is 30.0. The standard InChI is InChI=1S/C51H67N5O4S/c1-5-9-13-17-29-55(30-18-14-10-6-2)41-21-22-44(49(34-41)56(31-19-15-11-7-3)32-20-16-12-8-4)51-24-23-50(61-51)40-25-27-52-45(33-40)47-36-43(60-39-58)37-48(54-47)46-35-42(59-38-57)26-28-53-46/h21-28,33-39H,5-20,29-32H2,1-4H3.